The van der Waals surface area contributed by atoms with Gasteiger partial charge in [-0.15, -0.1) is 10.2 Å². The Labute approximate surface area is 115 Å². The zero-order chi connectivity index (χ0) is 13.9. The van der Waals surface area contributed by atoms with Gasteiger partial charge >= 0.3 is 0 Å². The molecule has 0 radical (unpaired) electrons. The summed E-state index contributed by atoms with van der Waals surface area (Å²) in [4.78, 5) is 12.2. The zero-order valence-electron chi connectivity index (χ0n) is 11.0. The van der Waals surface area contributed by atoms with E-state index in [0.717, 1.165) is 11.3 Å². The van der Waals surface area contributed by atoms with Crippen LogP contribution in [0.2, 0.25) is 0 Å². The summed E-state index contributed by atoms with van der Waals surface area (Å²) < 4.78 is 5.62. The molecule has 0 bridgehead atoms. The lowest BCUT2D eigenvalue weighted by molar-refractivity contribution is -0.127. The smallest absolute Gasteiger partial charge is 0.227 e. The Morgan fingerprint density at radius 2 is 2.35 bits per heavy atom. The number of hydrogen-bond donors (Lipinski definition) is 2. The van der Waals surface area contributed by atoms with Gasteiger partial charge in [-0.2, -0.15) is 5.21 Å². The maximum absolute atomic E-state index is 12.2. The van der Waals surface area contributed by atoms with Crippen LogP contribution in [0.4, 0.5) is 0 Å². The van der Waals surface area contributed by atoms with E-state index in [1.165, 1.54) is 0 Å². The molecule has 1 aliphatic heterocycles. The molecule has 2 unspecified atom stereocenters. The Morgan fingerprint density at radius 1 is 1.50 bits per heavy atom. The molecule has 2 aromatic rings. The quantitative estimate of drug-likeness (QED) is 0.855. The summed E-state index contributed by atoms with van der Waals surface area (Å²) in [6, 6.07) is 7.50. The lowest BCUT2D eigenvalue weighted by atomic mass is 9.96. The maximum Gasteiger partial charge on any atom is 0.227 e. The second-order valence-corrected chi connectivity index (χ2v) is 4.82. The van der Waals surface area contributed by atoms with Gasteiger partial charge in [-0.05, 0) is 25.0 Å². The highest BCUT2D eigenvalue weighted by Gasteiger charge is 2.27. The number of H-pyrrole nitrogens is 1. The predicted molar refractivity (Wildman–Crippen MR) is 69.9 cm³/mol. The van der Waals surface area contributed by atoms with Gasteiger partial charge in [-0.3, -0.25) is 4.79 Å². The lowest BCUT2D eigenvalue weighted by Gasteiger charge is -2.25. The SMILES string of the molecule is CC(NC(=O)C1COc2ccccc2C1)c1nn[nH]n1. The number of para-hydroxylation sites is 1. The molecule has 7 heteroatoms. The lowest BCUT2D eigenvalue weighted by Crippen LogP contribution is -2.38. The van der Waals surface area contributed by atoms with Gasteiger partial charge in [0.05, 0.1) is 12.0 Å². The van der Waals surface area contributed by atoms with Crippen LogP contribution in [-0.2, 0) is 11.2 Å². The Kier molecular flexibility index (Phi) is 3.32. The Balaban J connectivity index is 1.64. The van der Waals surface area contributed by atoms with E-state index in [4.69, 9.17) is 4.74 Å². The van der Waals surface area contributed by atoms with Crippen LogP contribution in [0.15, 0.2) is 24.3 Å². The third kappa shape index (κ3) is 2.47. The monoisotopic (exact) mass is 273 g/mol. The van der Waals surface area contributed by atoms with E-state index in [9.17, 15) is 4.79 Å². The van der Waals surface area contributed by atoms with Gasteiger partial charge in [0.2, 0.25) is 5.91 Å². The summed E-state index contributed by atoms with van der Waals surface area (Å²) >= 11 is 0. The first kappa shape index (κ1) is 12.6. The predicted octanol–water partition coefficient (Wildman–Crippen LogP) is 0.628. The molecule has 0 saturated carbocycles. The summed E-state index contributed by atoms with van der Waals surface area (Å²) in [5.41, 5.74) is 1.06. The number of ether oxygens (including phenoxy) is 1. The molecule has 0 saturated heterocycles. The summed E-state index contributed by atoms with van der Waals surface area (Å²) in [6.07, 6.45) is 0.682. The van der Waals surface area contributed by atoms with E-state index in [0.29, 0.717) is 18.9 Å². The van der Waals surface area contributed by atoms with Crippen molar-refractivity contribution < 1.29 is 9.53 Å². The number of fused-ring (bicyclic) bond motifs is 1. The molecule has 20 heavy (non-hydrogen) atoms. The molecular weight excluding hydrogens is 258 g/mol. The van der Waals surface area contributed by atoms with E-state index in [2.05, 4.69) is 25.9 Å². The first-order valence-electron chi connectivity index (χ1n) is 6.48. The third-order valence-corrected chi connectivity index (χ3v) is 3.36. The van der Waals surface area contributed by atoms with Gasteiger partial charge in [0.1, 0.15) is 12.4 Å². The van der Waals surface area contributed by atoms with E-state index in [-0.39, 0.29) is 17.9 Å². The zero-order valence-corrected chi connectivity index (χ0v) is 11.0. The summed E-state index contributed by atoms with van der Waals surface area (Å²) in [5.74, 6) is 1.08. The Hall–Kier alpha value is -2.44. The number of benzene rings is 1. The standard InChI is InChI=1S/C13H15N5O2/c1-8(12-15-17-18-16-12)14-13(19)10-6-9-4-2-3-5-11(9)20-7-10/h2-5,8,10H,6-7H2,1H3,(H,14,19)(H,15,16,17,18). The molecule has 1 aliphatic rings. The molecule has 1 aromatic carbocycles. The molecule has 104 valence electrons. The minimum atomic E-state index is -0.279. The molecule has 3 rings (SSSR count). The molecule has 2 heterocycles. The first-order valence-corrected chi connectivity index (χ1v) is 6.48. The van der Waals surface area contributed by atoms with Crippen molar-refractivity contribution in [1.29, 1.82) is 0 Å². The van der Waals surface area contributed by atoms with Crippen molar-refractivity contribution in [3.05, 3.63) is 35.7 Å². The van der Waals surface area contributed by atoms with Crippen molar-refractivity contribution in [2.75, 3.05) is 6.61 Å². The summed E-state index contributed by atoms with van der Waals surface area (Å²) in [6.45, 7) is 2.21. The number of tetrazole rings is 1. The Morgan fingerprint density at radius 3 is 3.15 bits per heavy atom. The van der Waals surface area contributed by atoms with Crippen molar-refractivity contribution in [2.24, 2.45) is 5.92 Å². The fourth-order valence-electron chi connectivity index (χ4n) is 2.25. The molecule has 7 nitrogen and oxygen atoms in total. The van der Waals surface area contributed by atoms with Crippen LogP contribution in [0, 0.1) is 5.92 Å². The molecule has 2 atom stereocenters. The summed E-state index contributed by atoms with van der Waals surface area (Å²) in [7, 11) is 0. The maximum atomic E-state index is 12.2. The average molecular weight is 273 g/mol. The fourth-order valence-corrected chi connectivity index (χ4v) is 2.25. The van der Waals surface area contributed by atoms with Gasteiger partial charge in [-0.1, -0.05) is 23.4 Å². The number of carbonyl (C=O) groups excluding carboxylic acids is 1. The van der Waals surface area contributed by atoms with Crippen molar-refractivity contribution >= 4 is 5.91 Å². The van der Waals surface area contributed by atoms with Gasteiger partial charge in [0.25, 0.3) is 0 Å². The topological polar surface area (TPSA) is 92.8 Å². The number of nitrogens with one attached hydrogen (secondary N) is 2. The van der Waals surface area contributed by atoms with Gasteiger partial charge in [0, 0.05) is 0 Å². The van der Waals surface area contributed by atoms with Crippen LogP contribution < -0.4 is 10.1 Å². The van der Waals surface area contributed by atoms with Crippen LogP contribution in [0.25, 0.3) is 0 Å². The van der Waals surface area contributed by atoms with Crippen LogP contribution in [0.3, 0.4) is 0 Å². The largest absolute Gasteiger partial charge is 0.492 e. The minimum Gasteiger partial charge on any atom is -0.492 e. The average Bonchev–Trinajstić information content (AvgIpc) is 3.01. The normalized spacial score (nSPS) is 18.8. The highest BCUT2D eigenvalue weighted by atomic mass is 16.5. The number of aromatic amines is 1. The molecule has 2 N–H and O–H groups in total. The van der Waals surface area contributed by atoms with Gasteiger partial charge in [-0.25, -0.2) is 0 Å². The molecular formula is C13H15N5O2. The summed E-state index contributed by atoms with van der Waals surface area (Å²) in [5, 5.41) is 16.4. The highest BCUT2D eigenvalue weighted by molar-refractivity contribution is 5.79. The van der Waals surface area contributed by atoms with E-state index in [1.54, 1.807) is 0 Å². The van der Waals surface area contributed by atoms with Gasteiger partial charge < -0.3 is 10.1 Å². The van der Waals surface area contributed by atoms with Crippen LogP contribution in [0.5, 0.6) is 5.75 Å². The van der Waals surface area contributed by atoms with Crippen molar-refractivity contribution in [2.45, 2.75) is 19.4 Å². The van der Waals surface area contributed by atoms with Crippen LogP contribution >= 0.6 is 0 Å². The first-order chi connectivity index (χ1) is 9.74. The molecule has 0 spiro atoms. The molecule has 1 amide bonds. The molecule has 0 fully saturated rings. The number of amides is 1. The van der Waals surface area contributed by atoms with Crippen molar-refractivity contribution in [3.63, 3.8) is 0 Å². The van der Waals surface area contributed by atoms with E-state index in [1.807, 2.05) is 31.2 Å². The third-order valence-electron chi connectivity index (χ3n) is 3.36. The van der Waals surface area contributed by atoms with Crippen LogP contribution in [-0.4, -0.2) is 33.1 Å². The van der Waals surface area contributed by atoms with E-state index < -0.39 is 0 Å². The van der Waals surface area contributed by atoms with Crippen LogP contribution in [0.1, 0.15) is 24.4 Å². The number of nitrogens with zero attached hydrogens (tertiary/aromatic N) is 3. The second kappa shape index (κ2) is 5.28. The second-order valence-electron chi connectivity index (χ2n) is 4.82. The van der Waals surface area contributed by atoms with Gasteiger partial charge in [0.15, 0.2) is 5.82 Å². The van der Waals surface area contributed by atoms with Crippen molar-refractivity contribution in [3.8, 4) is 5.75 Å². The van der Waals surface area contributed by atoms with Crippen molar-refractivity contribution in [1.82, 2.24) is 25.9 Å². The Bertz CT molecular complexity index is 599. The van der Waals surface area contributed by atoms with E-state index >= 15 is 0 Å². The number of aromatic nitrogens is 4. The number of rotatable bonds is 3. The highest BCUT2D eigenvalue weighted by Crippen LogP contribution is 2.27. The minimum absolute atomic E-state index is 0.0585. The number of carbonyl (C=O) groups is 1. The fraction of sp³-hybridized carbons (Fsp3) is 0.385. The molecule has 0 aliphatic carbocycles. The number of hydrogen-bond acceptors (Lipinski definition) is 5. The molecule has 1 aromatic heterocycles.